The van der Waals surface area contributed by atoms with Gasteiger partial charge in [0.15, 0.2) is 0 Å². The Balaban J connectivity index is 0.00000300. The van der Waals surface area contributed by atoms with E-state index in [0.717, 1.165) is 70.9 Å². The highest BCUT2D eigenvalue weighted by Gasteiger charge is 2.38. The van der Waals surface area contributed by atoms with E-state index in [1.807, 2.05) is 12.3 Å². The lowest BCUT2D eigenvalue weighted by molar-refractivity contribution is -0.144. The molecular weight excluding hydrogens is 457 g/mol. The van der Waals surface area contributed by atoms with Crippen molar-refractivity contribution in [2.24, 2.45) is 17.1 Å². The van der Waals surface area contributed by atoms with Crippen LogP contribution in [0.2, 0.25) is 0 Å². The third-order valence-corrected chi connectivity index (χ3v) is 6.87. The van der Waals surface area contributed by atoms with E-state index in [1.54, 1.807) is 0 Å². The fourth-order valence-corrected chi connectivity index (χ4v) is 4.73. The maximum atomic E-state index is 13.2. The highest BCUT2D eigenvalue weighted by Crippen LogP contribution is 2.30. The van der Waals surface area contributed by atoms with Crippen LogP contribution in [0.1, 0.15) is 39.5 Å². The van der Waals surface area contributed by atoms with Crippen molar-refractivity contribution in [1.82, 2.24) is 14.8 Å². The molecule has 2 N–H and O–H groups in total. The highest BCUT2D eigenvalue weighted by atomic mass is 35.5. The number of piperazine rings is 1. The SMILES string of the molecule is CCC(CC)(CN)C(=O)N1CCCC(CN2CCN(c3ccccn3)CC2)C1.Cl.Cl.Cl. The second kappa shape index (κ2) is 14.4. The van der Waals surface area contributed by atoms with Gasteiger partial charge < -0.3 is 15.5 Å². The van der Waals surface area contributed by atoms with Crippen LogP contribution < -0.4 is 10.6 Å². The molecule has 0 saturated carbocycles. The number of anilines is 1. The molecule has 0 spiro atoms. The molecule has 2 fully saturated rings. The number of nitrogens with zero attached hydrogens (tertiary/aromatic N) is 4. The van der Waals surface area contributed by atoms with E-state index in [9.17, 15) is 4.79 Å². The van der Waals surface area contributed by atoms with Gasteiger partial charge in [0.05, 0.1) is 5.41 Å². The van der Waals surface area contributed by atoms with Crippen LogP contribution in [0, 0.1) is 11.3 Å². The van der Waals surface area contributed by atoms with Crippen molar-refractivity contribution in [3.8, 4) is 0 Å². The molecule has 0 bridgehead atoms. The minimum atomic E-state index is -0.365. The Morgan fingerprint density at radius 2 is 1.77 bits per heavy atom. The molecule has 1 aromatic heterocycles. The van der Waals surface area contributed by atoms with Crippen molar-refractivity contribution in [3.05, 3.63) is 24.4 Å². The molecule has 2 aliphatic heterocycles. The van der Waals surface area contributed by atoms with Gasteiger partial charge >= 0.3 is 0 Å². The molecule has 0 aliphatic carbocycles. The Hall–Kier alpha value is -0.790. The van der Waals surface area contributed by atoms with Crippen molar-refractivity contribution in [3.63, 3.8) is 0 Å². The normalized spacial score (nSPS) is 19.6. The van der Waals surface area contributed by atoms with Gasteiger partial charge in [0.25, 0.3) is 0 Å². The molecule has 1 amide bonds. The molecule has 2 saturated heterocycles. The van der Waals surface area contributed by atoms with Gasteiger partial charge in [0.1, 0.15) is 5.82 Å². The van der Waals surface area contributed by atoms with Crippen LogP contribution in [0.15, 0.2) is 24.4 Å². The number of carbonyl (C=O) groups excluding carboxylic acids is 1. The van der Waals surface area contributed by atoms with Crippen LogP contribution in [0.25, 0.3) is 0 Å². The molecular formula is C22H40Cl3N5O. The average molecular weight is 497 g/mol. The molecule has 6 nitrogen and oxygen atoms in total. The van der Waals surface area contributed by atoms with E-state index in [0.29, 0.717) is 12.5 Å². The minimum absolute atomic E-state index is 0. The monoisotopic (exact) mass is 495 g/mol. The quantitative estimate of drug-likeness (QED) is 0.626. The summed E-state index contributed by atoms with van der Waals surface area (Å²) in [5.41, 5.74) is 5.65. The van der Waals surface area contributed by atoms with Crippen molar-refractivity contribution < 1.29 is 4.79 Å². The fraction of sp³-hybridized carbons (Fsp3) is 0.727. The van der Waals surface area contributed by atoms with Crippen LogP contribution in [0.4, 0.5) is 5.82 Å². The predicted octanol–water partition coefficient (Wildman–Crippen LogP) is 3.47. The number of hydrogen-bond donors (Lipinski definition) is 1. The standard InChI is InChI=1S/C22H37N5O.3ClH/c1-3-22(4-2,18-23)21(28)27-11-7-8-19(17-27)16-25-12-14-26(15-13-25)20-9-5-6-10-24-20;;;/h5-6,9-10,19H,3-4,7-8,11-18,23H2,1-2H3;3*1H. The second-order valence-electron chi connectivity index (χ2n) is 8.43. The van der Waals surface area contributed by atoms with Gasteiger partial charge in [0.2, 0.25) is 5.91 Å². The summed E-state index contributed by atoms with van der Waals surface area (Å²) in [6, 6.07) is 6.11. The third-order valence-electron chi connectivity index (χ3n) is 6.87. The first-order valence-corrected chi connectivity index (χ1v) is 11.0. The molecule has 9 heteroatoms. The number of hydrogen-bond acceptors (Lipinski definition) is 5. The van der Waals surface area contributed by atoms with Gasteiger partial charge in [-0.25, -0.2) is 4.98 Å². The number of likely N-dealkylation sites (tertiary alicyclic amines) is 1. The number of amides is 1. The van der Waals surface area contributed by atoms with Crippen molar-refractivity contribution in [2.45, 2.75) is 39.5 Å². The van der Waals surface area contributed by atoms with E-state index in [2.05, 4.69) is 45.7 Å². The van der Waals surface area contributed by atoms with Gasteiger partial charge in [-0.05, 0) is 43.7 Å². The lowest BCUT2D eigenvalue weighted by atomic mass is 9.80. The lowest BCUT2D eigenvalue weighted by Gasteiger charge is -2.42. The zero-order valence-electron chi connectivity index (χ0n) is 18.9. The first-order valence-electron chi connectivity index (χ1n) is 11.0. The summed E-state index contributed by atoms with van der Waals surface area (Å²) in [4.78, 5) is 24.7. The largest absolute Gasteiger partial charge is 0.354 e. The van der Waals surface area contributed by atoms with E-state index in [1.165, 1.54) is 6.42 Å². The number of aromatic nitrogens is 1. The summed E-state index contributed by atoms with van der Waals surface area (Å²) in [6.45, 7) is 11.7. The second-order valence-corrected chi connectivity index (χ2v) is 8.43. The summed E-state index contributed by atoms with van der Waals surface area (Å²) in [5.74, 6) is 1.93. The zero-order chi connectivity index (χ0) is 20.0. The summed E-state index contributed by atoms with van der Waals surface area (Å²) in [7, 11) is 0. The van der Waals surface area contributed by atoms with E-state index in [-0.39, 0.29) is 48.5 Å². The van der Waals surface area contributed by atoms with E-state index in [4.69, 9.17) is 5.73 Å². The van der Waals surface area contributed by atoms with Gasteiger partial charge in [-0.1, -0.05) is 19.9 Å². The number of carbonyl (C=O) groups is 1. The van der Waals surface area contributed by atoms with Crippen LogP contribution >= 0.6 is 37.2 Å². The molecule has 3 rings (SSSR count). The number of nitrogens with two attached hydrogens (primary N) is 1. The first-order chi connectivity index (χ1) is 13.6. The Bertz CT molecular complexity index is 617. The Kier molecular flexibility index (Phi) is 14.0. The van der Waals surface area contributed by atoms with E-state index >= 15 is 0 Å². The number of rotatable bonds is 7. The molecule has 31 heavy (non-hydrogen) atoms. The molecule has 0 aromatic carbocycles. The molecule has 1 aromatic rings. The van der Waals surface area contributed by atoms with Gasteiger partial charge in [0, 0.05) is 58.6 Å². The van der Waals surface area contributed by atoms with Gasteiger partial charge in [-0.15, -0.1) is 37.2 Å². The van der Waals surface area contributed by atoms with Crippen LogP contribution in [0.5, 0.6) is 0 Å². The zero-order valence-corrected chi connectivity index (χ0v) is 21.3. The molecule has 1 unspecified atom stereocenters. The van der Waals surface area contributed by atoms with Crippen molar-refractivity contribution in [2.75, 3.05) is 57.3 Å². The number of pyridine rings is 1. The fourth-order valence-electron chi connectivity index (χ4n) is 4.73. The maximum Gasteiger partial charge on any atom is 0.230 e. The number of piperidine rings is 1. The number of halogens is 3. The minimum Gasteiger partial charge on any atom is -0.354 e. The summed E-state index contributed by atoms with van der Waals surface area (Å²) < 4.78 is 0. The molecule has 180 valence electrons. The summed E-state index contributed by atoms with van der Waals surface area (Å²) in [6.07, 6.45) is 5.85. The van der Waals surface area contributed by atoms with Crippen LogP contribution in [0.3, 0.4) is 0 Å². The third kappa shape index (κ3) is 7.36. The van der Waals surface area contributed by atoms with Crippen LogP contribution in [-0.2, 0) is 4.79 Å². The Morgan fingerprint density at radius 1 is 1.10 bits per heavy atom. The average Bonchev–Trinajstić information content (AvgIpc) is 2.76. The molecule has 3 heterocycles. The highest BCUT2D eigenvalue weighted by molar-refractivity contribution is 5.86. The van der Waals surface area contributed by atoms with Crippen molar-refractivity contribution in [1.29, 1.82) is 0 Å². The van der Waals surface area contributed by atoms with Crippen LogP contribution in [-0.4, -0.2) is 73.0 Å². The smallest absolute Gasteiger partial charge is 0.230 e. The Labute approximate surface area is 206 Å². The maximum absolute atomic E-state index is 13.2. The summed E-state index contributed by atoms with van der Waals surface area (Å²) in [5, 5.41) is 0. The molecule has 1 atom stereocenters. The molecule has 0 radical (unpaired) electrons. The lowest BCUT2D eigenvalue weighted by Crippen LogP contribution is -2.53. The first kappa shape index (κ1) is 30.2. The van der Waals surface area contributed by atoms with E-state index < -0.39 is 0 Å². The predicted molar refractivity (Wildman–Crippen MR) is 136 cm³/mol. The molecule has 2 aliphatic rings. The summed E-state index contributed by atoms with van der Waals surface area (Å²) >= 11 is 0. The van der Waals surface area contributed by atoms with Gasteiger partial charge in [-0.2, -0.15) is 0 Å². The Morgan fingerprint density at radius 3 is 2.32 bits per heavy atom. The topological polar surface area (TPSA) is 65.7 Å². The van der Waals surface area contributed by atoms with Crippen molar-refractivity contribution >= 4 is 48.9 Å². The van der Waals surface area contributed by atoms with Gasteiger partial charge in [-0.3, -0.25) is 9.69 Å².